The van der Waals surface area contributed by atoms with Gasteiger partial charge in [-0.05, 0) is 31.2 Å². The third-order valence-corrected chi connectivity index (χ3v) is 3.86. The van der Waals surface area contributed by atoms with Crippen molar-refractivity contribution in [2.75, 3.05) is 20.2 Å². The van der Waals surface area contributed by atoms with Gasteiger partial charge in [0, 0.05) is 30.4 Å². The van der Waals surface area contributed by atoms with Crippen LogP contribution in [-0.2, 0) is 0 Å². The summed E-state index contributed by atoms with van der Waals surface area (Å²) in [6.45, 7) is 2.01. The van der Waals surface area contributed by atoms with Gasteiger partial charge in [-0.25, -0.2) is 0 Å². The fourth-order valence-electron chi connectivity index (χ4n) is 2.77. The molecule has 0 aliphatic carbocycles. The molecule has 110 valence electrons. The highest BCUT2D eigenvalue weighted by Gasteiger charge is 2.28. The Labute approximate surface area is 125 Å². The molecule has 0 amide bonds. The molecule has 1 aromatic carbocycles. The molecular formula is C17H20N2O2. The maximum Gasteiger partial charge on any atom is 0.162 e. The molecule has 4 heteroatoms. The summed E-state index contributed by atoms with van der Waals surface area (Å²) in [5, 5.41) is 3.41. The second kappa shape index (κ2) is 6.59. The number of para-hydroxylation sites is 2. The molecule has 0 bridgehead atoms. The van der Waals surface area contributed by atoms with Gasteiger partial charge >= 0.3 is 0 Å². The van der Waals surface area contributed by atoms with E-state index in [4.69, 9.17) is 9.47 Å². The van der Waals surface area contributed by atoms with Crippen LogP contribution in [0.4, 0.5) is 0 Å². The topological polar surface area (TPSA) is 43.4 Å². The zero-order chi connectivity index (χ0) is 14.5. The van der Waals surface area contributed by atoms with Crippen molar-refractivity contribution in [1.29, 1.82) is 0 Å². The number of ether oxygens (including phenoxy) is 2. The number of nitrogens with zero attached hydrogens (tertiary/aromatic N) is 1. The number of hydrogen-bond donors (Lipinski definition) is 1. The second-order valence-electron chi connectivity index (χ2n) is 5.23. The van der Waals surface area contributed by atoms with E-state index in [2.05, 4.69) is 16.4 Å². The first kappa shape index (κ1) is 13.9. The largest absolute Gasteiger partial charge is 0.493 e. The predicted molar refractivity (Wildman–Crippen MR) is 81.6 cm³/mol. The van der Waals surface area contributed by atoms with Gasteiger partial charge in [0.25, 0.3) is 0 Å². The Hall–Kier alpha value is -2.07. The fraction of sp³-hybridized carbons (Fsp3) is 0.353. The van der Waals surface area contributed by atoms with Crippen molar-refractivity contribution in [3.8, 4) is 11.5 Å². The molecule has 1 fully saturated rings. The Balaban J connectivity index is 1.88. The van der Waals surface area contributed by atoms with Crippen molar-refractivity contribution >= 4 is 0 Å². The van der Waals surface area contributed by atoms with Crippen LogP contribution in [-0.4, -0.2) is 25.2 Å². The zero-order valence-electron chi connectivity index (χ0n) is 12.2. The molecule has 0 radical (unpaired) electrons. The third-order valence-electron chi connectivity index (χ3n) is 3.86. The summed E-state index contributed by atoms with van der Waals surface area (Å²) in [6.07, 6.45) is 4.77. The molecule has 2 aromatic rings. The van der Waals surface area contributed by atoms with E-state index in [0.717, 1.165) is 36.6 Å². The quantitative estimate of drug-likeness (QED) is 0.917. The first-order chi connectivity index (χ1) is 10.4. The van der Waals surface area contributed by atoms with E-state index in [9.17, 15) is 0 Å². The van der Waals surface area contributed by atoms with E-state index in [0.29, 0.717) is 5.92 Å². The van der Waals surface area contributed by atoms with Crippen LogP contribution in [0.1, 0.15) is 18.1 Å². The van der Waals surface area contributed by atoms with Gasteiger partial charge in [-0.15, -0.1) is 0 Å². The van der Waals surface area contributed by atoms with E-state index in [-0.39, 0.29) is 6.10 Å². The van der Waals surface area contributed by atoms with E-state index in [1.165, 1.54) is 0 Å². The Morgan fingerprint density at radius 3 is 2.71 bits per heavy atom. The number of hydrogen-bond acceptors (Lipinski definition) is 4. The Morgan fingerprint density at radius 1 is 1.19 bits per heavy atom. The van der Waals surface area contributed by atoms with Gasteiger partial charge in [-0.2, -0.15) is 0 Å². The van der Waals surface area contributed by atoms with Crippen LogP contribution in [0.15, 0.2) is 48.8 Å². The van der Waals surface area contributed by atoms with Crippen LogP contribution >= 0.6 is 0 Å². The summed E-state index contributed by atoms with van der Waals surface area (Å²) in [6, 6.07) is 11.8. The number of rotatable bonds is 5. The maximum atomic E-state index is 6.30. The van der Waals surface area contributed by atoms with Crippen LogP contribution in [0.5, 0.6) is 11.5 Å². The van der Waals surface area contributed by atoms with Crippen LogP contribution in [0.2, 0.25) is 0 Å². The smallest absolute Gasteiger partial charge is 0.162 e. The summed E-state index contributed by atoms with van der Waals surface area (Å²) < 4.78 is 11.7. The highest BCUT2D eigenvalue weighted by molar-refractivity contribution is 5.40. The van der Waals surface area contributed by atoms with Crippen LogP contribution in [0, 0.1) is 5.92 Å². The molecule has 1 aliphatic heterocycles. The molecule has 1 aliphatic rings. The van der Waals surface area contributed by atoms with E-state index in [1.54, 1.807) is 13.3 Å². The van der Waals surface area contributed by atoms with Crippen molar-refractivity contribution < 1.29 is 9.47 Å². The standard InChI is InChI=1S/C17H20N2O2/c1-20-15-6-2-3-7-16(15)21-17(14-8-10-19-12-14)13-5-4-9-18-11-13/h2-7,9,11,14,17,19H,8,10,12H2,1H3/t14-,17?/m0/s1. The third kappa shape index (κ3) is 3.16. The zero-order valence-corrected chi connectivity index (χ0v) is 12.2. The average Bonchev–Trinajstić information content (AvgIpc) is 3.08. The number of benzene rings is 1. The molecule has 1 aromatic heterocycles. The number of nitrogens with one attached hydrogen (secondary N) is 1. The van der Waals surface area contributed by atoms with Crippen molar-refractivity contribution in [2.45, 2.75) is 12.5 Å². The van der Waals surface area contributed by atoms with Gasteiger partial charge in [0.05, 0.1) is 7.11 Å². The van der Waals surface area contributed by atoms with Crippen molar-refractivity contribution in [3.05, 3.63) is 54.4 Å². The molecule has 4 nitrogen and oxygen atoms in total. The highest BCUT2D eigenvalue weighted by Crippen LogP contribution is 2.35. The lowest BCUT2D eigenvalue weighted by molar-refractivity contribution is 0.139. The summed E-state index contributed by atoms with van der Waals surface area (Å²) in [5.74, 6) is 1.98. The first-order valence-corrected chi connectivity index (χ1v) is 7.29. The monoisotopic (exact) mass is 284 g/mol. The second-order valence-corrected chi connectivity index (χ2v) is 5.23. The minimum absolute atomic E-state index is 0.00926. The summed E-state index contributed by atoms with van der Waals surface area (Å²) >= 11 is 0. The summed E-state index contributed by atoms with van der Waals surface area (Å²) in [5.41, 5.74) is 1.11. The van der Waals surface area contributed by atoms with Gasteiger partial charge < -0.3 is 14.8 Å². The number of pyridine rings is 1. The van der Waals surface area contributed by atoms with E-state index < -0.39 is 0 Å². The van der Waals surface area contributed by atoms with Crippen LogP contribution in [0.25, 0.3) is 0 Å². The summed E-state index contributed by atoms with van der Waals surface area (Å²) in [7, 11) is 1.67. The Bertz CT molecular complexity index is 568. The normalized spacial score (nSPS) is 19.2. The molecular weight excluding hydrogens is 264 g/mol. The number of methoxy groups -OCH3 is 1. The Morgan fingerprint density at radius 2 is 2.05 bits per heavy atom. The van der Waals surface area contributed by atoms with E-state index in [1.807, 2.05) is 36.5 Å². The first-order valence-electron chi connectivity index (χ1n) is 7.29. The van der Waals surface area contributed by atoms with E-state index >= 15 is 0 Å². The fourth-order valence-corrected chi connectivity index (χ4v) is 2.77. The highest BCUT2D eigenvalue weighted by atomic mass is 16.5. The molecule has 0 spiro atoms. The van der Waals surface area contributed by atoms with Gasteiger partial charge in [0.2, 0.25) is 0 Å². The van der Waals surface area contributed by atoms with Gasteiger partial charge in [0.15, 0.2) is 11.5 Å². The van der Waals surface area contributed by atoms with Crippen LogP contribution < -0.4 is 14.8 Å². The molecule has 1 saturated heterocycles. The minimum atomic E-state index is -0.00926. The van der Waals surface area contributed by atoms with Crippen molar-refractivity contribution in [2.24, 2.45) is 5.92 Å². The molecule has 2 heterocycles. The summed E-state index contributed by atoms with van der Waals surface area (Å²) in [4.78, 5) is 4.23. The molecule has 1 N–H and O–H groups in total. The average molecular weight is 284 g/mol. The lowest BCUT2D eigenvalue weighted by Gasteiger charge is -2.25. The minimum Gasteiger partial charge on any atom is -0.493 e. The lowest BCUT2D eigenvalue weighted by atomic mass is 9.96. The number of aromatic nitrogens is 1. The van der Waals surface area contributed by atoms with Crippen molar-refractivity contribution in [1.82, 2.24) is 10.3 Å². The molecule has 0 saturated carbocycles. The predicted octanol–water partition coefficient (Wildman–Crippen LogP) is 2.82. The van der Waals surface area contributed by atoms with Gasteiger partial charge in [-0.1, -0.05) is 18.2 Å². The molecule has 21 heavy (non-hydrogen) atoms. The molecule has 1 unspecified atom stereocenters. The molecule has 3 rings (SSSR count). The molecule has 2 atom stereocenters. The van der Waals surface area contributed by atoms with Crippen molar-refractivity contribution in [3.63, 3.8) is 0 Å². The van der Waals surface area contributed by atoms with Gasteiger partial charge in [0.1, 0.15) is 6.10 Å². The van der Waals surface area contributed by atoms with Crippen LogP contribution in [0.3, 0.4) is 0 Å². The van der Waals surface area contributed by atoms with Gasteiger partial charge in [-0.3, -0.25) is 4.98 Å². The maximum absolute atomic E-state index is 6.30. The lowest BCUT2D eigenvalue weighted by Crippen LogP contribution is -2.21. The Kier molecular flexibility index (Phi) is 4.36. The SMILES string of the molecule is COc1ccccc1OC(c1cccnc1)[C@H]1CCNC1.